The maximum atomic E-state index is 11.9. The Morgan fingerprint density at radius 2 is 1.93 bits per heavy atom. The molecule has 0 aliphatic heterocycles. The Hall–Kier alpha value is -3.41. The van der Waals surface area contributed by atoms with Crippen LogP contribution in [0.25, 0.3) is 23.5 Å². The van der Waals surface area contributed by atoms with E-state index in [0.717, 1.165) is 11.1 Å². The monoisotopic (exact) mass is 376 g/mol. The van der Waals surface area contributed by atoms with Gasteiger partial charge in [-0.2, -0.15) is 4.98 Å². The number of aryl methyl sites for hydroxylation is 1. The zero-order valence-corrected chi connectivity index (χ0v) is 16.3. The zero-order valence-electron chi connectivity index (χ0n) is 16.3. The van der Waals surface area contributed by atoms with Crippen molar-refractivity contribution in [1.29, 1.82) is 0 Å². The smallest absolute Gasteiger partial charge is 0.319 e. The van der Waals surface area contributed by atoms with Gasteiger partial charge in [0.25, 0.3) is 5.89 Å². The molecule has 6 heteroatoms. The third-order valence-corrected chi connectivity index (χ3v) is 3.99. The average Bonchev–Trinajstić information content (AvgIpc) is 3.15. The van der Waals surface area contributed by atoms with E-state index >= 15 is 0 Å². The minimum absolute atomic E-state index is 0.235. The van der Waals surface area contributed by atoms with Crippen LogP contribution in [0.4, 0.5) is 10.5 Å². The van der Waals surface area contributed by atoms with Gasteiger partial charge in [0.2, 0.25) is 5.82 Å². The Morgan fingerprint density at radius 1 is 1.14 bits per heavy atom. The number of nitrogens with one attached hydrogen (secondary N) is 2. The lowest BCUT2D eigenvalue weighted by Gasteiger charge is -2.09. The van der Waals surface area contributed by atoms with E-state index < -0.39 is 0 Å². The van der Waals surface area contributed by atoms with Gasteiger partial charge >= 0.3 is 6.03 Å². The van der Waals surface area contributed by atoms with Crippen molar-refractivity contribution < 1.29 is 9.32 Å². The van der Waals surface area contributed by atoms with Crippen molar-refractivity contribution in [2.45, 2.75) is 20.8 Å². The van der Waals surface area contributed by atoms with Gasteiger partial charge in [-0.05, 0) is 36.6 Å². The van der Waals surface area contributed by atoms with Crippen LogP contribution in [0.5, 0.6) is 0 Å². The Balaban J connectivity index is 1.67. The topological polar surface area (TPSA) is 80.0 Å². The first kappa shape index (κ1) is 19.4. The molecule has 0 saturated heterocycles. The van der Waals surface area contributed by atoms with Crippen molar-refractivity contribution in [2.75, 3.05) is 11.9 Å². The predicted molar refractivity (Wildman–Crippen MR) is 112 cm³/mol. The van der Waals surface area contributed by atoms with Gasteiger partial charge in [-0.3, -0.25) is 0 Å². The molecule has 0 saturated carbocycles. The van der Waals surface area contributed by atoms with E-state index in [1.807, 2.05) is 56.3 Å². The van der Waals surface area contributed by atoms with Crippen molar-refractivity contribution >= 4 is 23.9 Å². The fraction of sp³-hybridized carbons (Fsp3) is 0.227. The summed E-state index contributed by atoms with van der Waals surface area (Å²) in [6, 6.07) is 15.3. The van der Waals surface area contributed by atoms with Crippen LogP contribution in [0.2, 0.25) is 0 Å². The SMILES string of the molecule is Cc1ccc(C=Cc2nc(-c3cccc(NC(=O)NCC(C)C)c3)no2)cc1. The van der Waals surface area contributed by atoms with E-state index in [9.17, 15) is 4.79 Å². The number of hydrogen-bond acceptors (Lipinski definition) is 4. The highest BCUT2D eigenvalue weighted by Crippen LogP contribution is 2.20. The number of carbonyl (C=O) groups is 1. The Kier molecular flexibility index (Phi) is 6.22. The highest BCUT2D eigenvalue weighted by atomic mass is 16.5. The molecular formula is C22H24N4O2. The number of anilines is 1. The van der Waals surface area contributed by atoms with Gasteiger partial charge in [-0.25, -0.2) is 4.79 Å². The van der Waals surface area contributed by atoms with Gasteiger partial charge in [0.05, 0.1) is 0 Å². The summed E-state index contributed by atoms with van der Waals surface area (Å²) in [5.41, 5.74) is 3.70. The van der Waals surface area contributed by atoms with Gasteiger partial charge in [0.1, 0.15) is 0 Å². The molecule has 0 aliphatic carbocycles. The van der Waals surface area contributed by atoms with Crippen LogP contribution in [0.3, 0.4) is 0 Å². The van der Waals surface area contributed by atoms with Gasteiger partial charge in [-0.15, -0.1) is 0 Å². The molecular weight excluding hydrogens is 352 g/mol. The molecule has 3 rings (SSSR count). The molecule has 0 unspecified atom stereocenters. The lowest BCUT2D eigenvalue weighted by atomic mass is 10.1. The van der Waals surface area contributed by atoms with E-state index in [1.165, 1.54) is 5.56 Å². The van der Waals surface area contributed by atoms with E-state index in [0.29, 0.717) is 29.9 Å². The van der Waals surface area contributed by atoms with Crippen molar-refractivity contribution in [3.63, 3.8) is 0 Å². The van der Waals surface area contributed by atoms with Crippen LogP contribution in [-0.2, 0) is 0 Å². The molecule has 28 heavy (non-hydrogen) atoms. The molecule has 3 aromatic rings. The molecule has 0 bridgehead atoms. The molecule has 0 spiro atoms. The summed E-state index contributed by atoms with van der Waals surface area (Å²) < 4.78 is 5.30. The Bertz CT molecular complexity index is 959. The number of benzene rings is 2. The van der Waals surface area contributed by atoms with Gasteiger partial charge < -0.3 is 15.2 Å². The molecule has 0 aliphatic rings. The summed E-state index contributed by atoms with van der Waals surface area (Å²) in [5.74, 6) is 1.28. The molecule has 0 radical (unpaired) electrons. The summed E-state index contributed by atoms with van der Waals surface area (Å²) in [6.07, 6.45) is 3.70. The molecule has 2 amide bonds. The summed E-state index contributed by atoms with van der Waals surface area (Å²) in [6.45, 7) is 6.76. The van der Waals surface area contributed by atoms with Crippen LogP contribution in [0.1, 0.15) is 30.9 Å². The van der Waals surface area contributed by atoms with E-state index in [4.69, 9.17) is 4.52 Å². The largest absolute Gasteiger partial charge is 0.338 e. The van der Waals surface area contributed by atoms with Crippen molar-refractivity contribution in [2.24, 2.45) is 5.92 Å². The number of aromatic nitrogens is 2. The summed E-state index contributed by atoms with van der Waals surface area (Å²) >= 11 is 0. The minimum Gasteiger partial charge on any atom is -0.338 e. The first-order valence-electron chi connectivity index (χ1n) is 9.23. The molecule has 0 fully saturated rings. The second-order valence-electron chi connectivity index (χ2n) is 7.01. The standard InChI is InChI=1S/C22H24N4O2/c1-15(2)14-23-22(27)24-19-6-4-5-18(13-19)21-25-20(28-26-21)12-11-17-9-7-16(3)8-10-17/h4-13,15H,14H2,1-3H3,(H2,23,24,27). The quantitative estimate of drug-likeness (QED) is 0.635. The molecule has 1 heterocycles. The van der Waals surface area contributed by atoms with Gasteiger partial charge in [0, 0.05) is 23.9 Å². The Morgan fingerprint density at radius 3 is 2.68 bits per heavy atom. The summed E-state index contributed by atoms with van der Waals surface area (Å²) in [7, 11) is 0. The number of carbonyl (C=O) groups excluding carboxylic acids is 1. The second-order valence-corrected chi connectivity index (χ2v) is 7.01. The molecule has 2 aromatic carbocycles. The molecule has 2 N–H and O–H groups in total. The van der Waals surface area contributed by atoms with Crippen LogP contribution in [-0.4, -0.2) is 22.7 Å². The summed E-state index contributed by atoms with van der Waals surface area (Å²) in [5, 5.41) is 9.66. The van der Waals surface area contributed by atoms with Crippen LogP contribution in [0, 0.1) is 12.8 Å². The number of amides is 2. The maximum absolute atomic E-state index is 11.9. The second kappa shape index (κ2) is 8.99. The Labute approximate surface area is 164 Å². The van der Waals surface area contributed by atoms with Gasteiger partial charge in [0.15, 0.2) is 0 Å². The fourth-order valence-corrected chi connectivity index (χ4v) is 2.47. The van der Waals surface area contributed by atoms with Crippen molar-refractivity contribution in [3.8, 4) is 11.4 Å². The van der Waals surface area contributed by atoms with E-state index in [1.54, 1.807) is 6.08 Å². The third-order valence-electron chi connectivity index (χ3n) is 3.99. The highest BCUT2D eigenvalue weighted by molar-refractivity contribution is 5.89. The zero-order chi connectivity index (χ0) is 19.9. The average molecular weight is 376 g/mol. The van der Waals surface area contributed by atoms with E-state index in [2.05, 4.69) is 39.8 Å². The molecule has 6 nitrogen and oxygen atoms in total. The van der Waals surface area contributed by atoms with Gasteiger partial charge in [-0.1, -0.05) is 61.0 Å². The van der Waals surface area contributed by atoms with Crippen molar-refractivity contribution in [3.05, 3.63) is 65.5 Å². The molecule has 144 valence electrons. The van der Waals surface area contributed by atoms with Crippen LogP contribution in [0.15, 0.2) is 53.1 Å². The highest BCUT2D eigenvalue weighted by Gasteiger charge is 2.09. The first-order valence-corrected chi connectivity index (χ1v) is 9.23. The molecule has 0 atom stereocenters. The normalized spacial score (nSPS) is 11.1. The van der Waals surface area contributed by atoms with Crippen LogP contribution >= 0.6 is 0 Å². The molecule has 1 aromatic heterocycles. The van der Waals surface area contributed by atoms with E-state index in [-0.39, 0.29) is 6.03 Å². The number of hydrogen-bond donors (Lipinski definition) is 2. The number of rotatable bonds is 6. The lowest BCUT2D eigenvalue weighted by molar-refractivity contribution is 0.251. The predicted octanol–water partition coefficient (Wildman–Crippen LogP) is 4.99. The lowest BCUT2D eigenvalue weighted by Crippen LogP contribution is -2.31. The number of urea groups is 1. The van der Waals surface area contributed by atoms with Crippen LogP contribution < -0.4 is 10.6 Å². The first-order chi connectivity index (χ1) is 13.5. The third kappa shape index (κ3) is 5.54. The van der Waals surface area contributed by atoms with Crippen molar-refractivity contribution in [1.82, 2.24) is 15.5 Å². The summed E-state index contributed by atoms with van der Waals surface area (Å²) in [4.78, 5) is 16.3. The fourth-order valence-electron chi connectivity index (χ4n) is 2.47. The minimum atomic E-state index is -0.235. The number of nitrogens with zero attached hydrogens (tertiary/aromatic N) is 2. The maximum Gasteiger partial charge on any atom is 0.319 e.